The Hall–Kier alpha value is -1.04. The molecule has 0 aliphatic carbocycles. The molecule has 0 unspecified atom stereocenters. The van der Waals surface area contributed by atoms with Crippen LogP contribution in [0.3, 0.4) is 0 Å². The van der Waals surface area contributed by atoms with Gasteiger partial charge in [0, 0.05) is 41.3 Å². The van der Waals surface area contributed by atoms with E-state index >= 15 is 0 Å². The van der Waals surface area contributed by atoms with E-state index in [0.29, 0.717) is 15.9 Å². The summed E-state index contributed by atoms with van der Waals surface area (Å²) in [6, 6.07) is 4.24. The molecule has 1 aromatic rings. The fourth-order valence-corrected chi connectivity index (χ4v) is 2.38. The molecule has 2 aliphatic heterocycles. The van der Waals surface area contributed by atoms with Crippen molar-refractivity contribution in [2.24, 2.45) is 0 Å². The first kappa shape index (κ1) is 7.90. The summed E-state index contributed by atoms with van der Waals surface area (Å²) in [5.41, 5.74) is -0.464. The lowest BCUT2D eigenvalue weighted by Gasteiger charge is -2.34. The van der Waals surface area contributed by atoms with Crippen molar-refractivity contribution >= 4 is 18.3 Å². The van der Waals surface area contributed by atoms with Gasteiger partial charge in [-0.25, -0.2) is 0 Å². The molecular formula is C18H29BN2O2. The van der Waals surface area contributed by atoms with E-state index in [0.717, 1.165) is 0 Å². The van der Waals surface area contributed by atoms with Crippen molar-refractivity contribution in [3.05, 3.63) is 23.8 Å². The Morgan fingerprint density at radius 2 is 1.70 bits per heavy atom. The van der Waals surface area contributed by atoms with Crippen LogP contribution in [0.2, 0.25) is 0 Å². The zero-order valence-electron chi connectivity index (χ0n) is 25.0. The van der Waals surface area contributed by atoms with Gasteiger partial charge < -0.3 is 19.1 Å². The molecule has 2 saturated heterocycles. The number of rotatable bonds is 2. The molecule has 0 spiro atoms. The van der Waals surface area contributed by atoms with Crippen LogP contribution >= 0.6 is 0 Å². The molecule has 0 radical (unpaired) electrons. The summed E-state index contributed by atoms with van der Waals surface area (Å²) >= 11 is 0. The second-order valence-corrected chi connectivity index (χ2v) is 6.75. The average Bonchev–Trinajstić information content (AvgIpc) is 2.80. The Morgan fingerprint density at radius 1 is 1.09 bits per heavy atom. The fourth-order valence-electron chi connectivity index (χ4n) is 2.38. The van der Waals surface area contributed by atoms with Gasteiger partial charge in [-0.05, 0) is 59.2 Å². The smallest absolute Gasteiger partial charge is 0.399 e. The molecule has 0 aromatic heterocycles. The number of anilines is 1. The predicted octanol–water partition coefficient (Wildman–Crippen LogP) is 2.05. The lowest BCUT2D eigenvalue weighted by atomic mass is 9.76. The highest BCUT2D eigenvalue weighted by molar-refractivity contribution is 6.62. The van der Waals surface area contributed by atoms with Gasteiger partial charge in [0.25, 0.3) is 0 Å². The molecule has 0 atom stereocenters. The Labute approximate surface area is 156 Å². The molecule has 5 heteroatoms. The van der Waals surface area contributed by atoms with Crippen molar-refractivity contribution < 1.29 is 24.4 Å². The van der Waals surface area contributed by atoms with Gasteiger partial charge in [0.05, 0.1) is 16.7 Å². The minimum Gasteiger partial charge on any atom is -0.399 e. The molecule has 0 bridgehead atoms. The minimum atomic E-state index is -3.46. The van der Waals surface area contributed by atoms with Crippen molar-refractivity contribution in [2.45, 2.75) is 45.8 Å². The molecule has 2 aliphatic rings. The zero-order chi connectivity index (χ0) is 26.5. The molecule has 2 fully saturated rings. The minimum absolute atomic E-state index is 0.191. The maximum atomic E-state index is 8.48. The quantitative estimate of drug-likeness (QED) is 0.776. The normalized spacial score (nSPS) is 40.7. The van der Waals surface area contributed by atoms with Crippen LogP contribution in [-0.4, -0.2) is 56.2 Å². The topological polar surface area (TPSA) is 24.9 Å². The number of aryl methyl sites for hydroxylation is 1. The van der Waals surface area contributed by atoms with E-state index < -0.39 is 51.3 Å². The Kier molecular flexibility index (Phi) is 1.99. The molecule has 126 valence electrons. The summed E-state index contributed by atoms with van der Waals surface area (Å²) in [7, 11) is -0.890. The molecule has 2 heterocycles. The van der Waals surface area contributed by atoms with Gasteiger partial charge in [-0.3, -0.25) is 0 Å². The van der Waals surface area contributed by atoms with E-state index in [2.05, 4.69) is 0 Å². The Morgan fingerprint density at radius 3 is 2.26 bits per heavy atom. The number of likely N-dealkylation sites (N-methyl/N-ethyl adjacent to an activating group) is 1. The number of benzene rings is 1. The van der Waals surface area contributed by atoms with Crippen molar-refractivity contribution in [3.63, 3.8) is 0 Å². The van der Waals surface area contributed by atoms with Crippen molar-refractivity contribution in [3.8, 4) is 0 Å². The fraction of sp³-hybridized carbons (Fsp3) is 0.667. The van der Waals surface area contributed by atoms with E-state index in [4.69, 9.17) is 24.4 Å². The van der Waals surface area contributed by atoms with Crippen LogP contribution in [0.1, 0.15) is 48.3 Å². The summed E-state index contributed by atoms with van der Waals surface area (Å²) < 4.78 is 102. The first-order chi connectivity index (χ1) is 14.9. The highest BCUT2D eigenvalue weighted by Crippen LogP contribution is 2.37. The Bertz CT molecular complexity index is 937. The first-order valence-corrected chi connectivity index (χ1v) is 7.50. The highest BCUT2D eigenvalue weighted by atomic mass is 16.7. The third kappa shape index (κ3) is 3.15. The molecular weight excluding hydrogens is 287 g/mol. The van der Waals surface area contributed by atoms with Crippen LogP contribution in [0.15, 0.2) is 18.2 Å². The van der Waals surface area contributed by atoms with Gasteiger partial charge in [-0.1, -0.05) is 11.6 Å². The highest BCUT2D eigenvalue weighted by Gasteiger charge is 2.52. The maximum absolute atomic E-state index is 8.48. The monoisotopic (exact) mass is 327 g/mol. The summed E-state index contributed by atoms with van der Waals surface area (Å²) in [5, 5.41) is 0. The van der Waals surface area contributed by atoms with E-state index in [9.17, 15) is 0 Å². The van der Waals surface area contributed by atoms with Gasteiger partial charge >= 0.3 is 7.12 Å². The van der Waals surface area contributed by atoms with Gasteiger partial charge in [0.1, 0.15) is 0 Å². The van der Waals surface area contributed by atoms with Crippen LogP contribution in [0.4, 0.5) is 5.69 Å². The molecule has 0 amide bonds. The summed E-state index contributed by atoms with van der Waals surface area (Å²) in [6.07, 6.45) is 0. The number of hydrogen-bond donors (Lipinski definition) is 0. The van der Waals surface area contributed by atoms with E-state index in [1.807, 2.05) is 27.7 Å². The van der Waals surface area contributed by atoms with E-state index in [1.54, 1.807) is 13.0 Å². The predicted molar refractivity (Wildman–Crippen MR) is 96.6 cm³/mol. The SMILES string of the molecule is [2H]C([2H])([2H])N1C([2H])([2H])C([2H])([2H])N(c2ccc(C)c(B3OC(C)(C)C(C)(C)O3)c2)C([2H])([2H])C1([2H])[2H]. The van der Waals surface area contributed by atoms with Crippen LogP contribution < -0.4 is 10.4 Å². The van der Waals surface area contributed by atoms with Crippen LogP contribution in [0.5, 0.6) is 0 Å². The molecule has 3 rings (SSSR count). The first-order valence-electron chi connectivity index (χ1n) is 13.0. The Balaban J connectivity index is 2.19. The van der Waals surface area contributed by atoms with Gasteiger partial charge in [-0.15, -0.1) is 0 Å². The van der Waals surface area contributed by atoms with Gasteiger partial charge in [0.2, 0.25) is 0 Å². The van der Waals surface area contributed by atoms with Gasteiger partial charge in [0.15, 0.2) is 0 Å². The van der Waals surface area contributed by atoms with Crippen molar-refractivity contribution in [2.75, 3.05) is 37.9 Å². The van der Waals surface area contributed by atoms with Crippen molar-refractivity contribution in [1.82, 2.24) is 4.90 Å². The second-order valence-electron chi connectivity index (χ2n) is 6.75. The molecule has 23 heavy (non-hydrogen) atoms. The van der Waals surface area contributed by atoms with E-state index in [-0.39, 0.29) is 10.6 Å². The lowest BCUT2D eigenvalue weighted by molar-refractivity contribution is 0.00578. The standard InChI is InChI=1S/C18H29BN2O2/c1-14-7-8-15(21-11-9-20(6)10-12-21)13-16(14)19-22-17(2,3)18(4,5)23-19/h7-8,13H,9-12H2,1-6H3/i6D3,9D2,10D2,11D2,12D2. The van der Waals surface area contributed by atoms with E-state index in [1.165, 1.54) is 12.1 Å². The number of hydrogen-bond acceptors (Lipinski definition) is 4. The largest absolute Gasteiger partial charge is 0.495 e. The summed E-state index contributed by atoms with van der Waals surface area (Å²) in [5.74, 6) is 0. The zero-order valence-corrected chi connectivity index (χ0v) is 14.0. The van der Waals surface area contributed by atoms with Crippen LogP contribution in [-0.2, 0) is 9.31 Å². The molecule has 1 aromatic carbocycles. The molecule has 4 nitrogen and oxygen atoms in total. The van der Waals surface area contributed by atoms with Crippen molar-refractivity contribution in [1.29, 1.82) is 0 Å². The van der Waals surface area contributed by atoms with Gasteiger partial charge in [-0.2, -0.15) is 0 Å². The number of nitrogens with zero attached hydrogens (tertiary/aromatic N) is 2. The third-order valence-corrected chi connectivity index (χ3v) is 4.58. The number of piperazine rings is 1. The third-order valence-electron chi connectivity index (χ3n) is 4.58. The van der Waals surface area contributed by atoms with Crippen LogP contribution in [0.25, 0.3) is 0 Å². The second kappa shape index (κ2) is 5.80. The summed E-state index contributed by atoms with van der Waals surface area (Å²) in [6.45, 7) is -7.79. The van der Waals surface area contributed by atoms with Crippen LogP contribution in [0, 0.1) is 6.92 Å². The maximum Gasteiger partial charge on any atom is 0.495 e. The summed E-state index contributed by atoms with van der Waals surface area (Å²) in [4.78, 5) is -0.0107. The molecule has 0 saturated carbocycles. The lowest BCUT2D eigenvalue weighted by Crippen LogP contribution is -2.45. The average molecular weight is 327 g/mol. The molecule has 0 N–H and O–H groups in total.